The molecule has 172 valence electrons. The number of halogens is 2. The molecule has 3 aromatic carbocycles. The number of amides is 1. The van der Waals surface area contributed by atoms with Gasteiger partial charge in [-0.2, -0.15) is 0 Å². The number of anilines is 2. The molecule has 0 N–H and O–H groups in total. The van der Waals surface area contributed by atoms with E-state index in [0.717, 1.165) is 9.99 Å². The third-order valence-electron chi connectivity index (χ3n) is 5.53. The summed E-state index contributed by atoms with van der Waals surface area (Å²) in [6.07, 6.45) is 0. The highest BCUT2D eigenvalue weighted by Crippen LogP contribution is 2.26. The van der Waals surface area contributed by atoms with E-state index in [9.17, 15) is 17.6 Å². The van der Waals surface area contributed by atoms with Gasteiger partial charge in [0.25, 0.3) is 10.0 Å². The topological polar surface area (TPSA) is 60.9 Å². The molecule has 1 aliphatic rings. The fourth-order valence-corrected chi connectivity index (χ4v) is 5.37. The average molecular weight is 488 g/mol. The van der Waals surface area contributed by atoms with E-state index in [1.165, 1.54) is 30.3 Å². The standard InChI is InChI=1S/C24H23ClFN3O3S/c25-19-5-4-6-22(17-19)29(33(31,32)23-7-2-1-3-8-23)18-24(30)28-15-13-27(14-16-28)21-11-9-20(26)10-12-21/h1-12,17H,13-16,18H2. The van der Waals surface area contributed by atoms with E-state index in [1.54, 1.807) is 53.4 Å². The third kappa shape index (κ3) is 5.29. The van der Waals surface area contributed by atoms with E-state index in [2.05, 4.69) is 4.90 Å². The highest BCUT2D eigenvalue weighted by molar-refractivity contribution is 7.92. The summed E-state index contributed by atoms with van der Waals surface area (Å²) >= 11 is 6.11. The lowest BCUT2D eigenvalue weighted by Crippen LogP contribution is -2.52. The maximum Gasteiger partial charge on any atom is 0.264 e. The Balaban J connectivity index is 1.52. The number of piperazine rings is 1. The van der Waals surface area contributed by atoms with Crippen molar-refractivity contribution >= 4 is 38.9 Å². The van der Waals surface area contributed by atoms with Crippen molar-refractivity contribution in [2.24, 2.45) is 0 Å². The molecule has 0 aromatic heterocycles. The van der Waals surface area contributed by atoms with Crippen molar-refractivity contribution in [3.63, 3.8) is 0 Å². The van der Waals surface area contributed by atoms with Crippen LogP contribution in [0.3, 0.4) is 0 Å². The van der Waals surface area contributed by atoms with Crippen molar-refractivity contribution in [2.75, 3.05) is 41.9 Å². The monoisotopic (exact) mass is 487 g/mol. The van der Waals surface area contributed by atoms with Crippen molar-refractivity contribution in [3.8, 4) is 0 Å². The number of hydrogen-bond acceptors (Lipinski definition) is 4. The van der Waals surface area contributed by atoms with Gasteiger partial charge in [0.05, 0.1) is 10.6 Å². The molecule has 0 saturated carbocycles. The fourth-order valence-electron chi connectivity index (χ4n) is 3.75. The highest BCUT2D eigenvalue weighted by Gasteiger charge is 2.30. The Morgan fingerprint density at radius 1 is 0.909 bits per heavy atom. The molecule has 0 unspecified atom stereocenters. The van der Waals surface area contributed by atoms with Gasteiger partial charge in [-0.3, -0.25) is 9.10 Å². The van der Waals surface area contributed by atoms with Crippen LogP contribution in [0.25, 0.3) is 0 Å². The zero-order valence-electron chi connectivity index (χ0n) is 17.8. The molecule has 1 fully saturated rings. The van der Waals surface area contributed by atoms with Gasteiger partial charge >= 0.3 is 0 Å². The molecule has 0 radical (unpaired) electrons. The molecule has 1 amide bonds. The van der Waals surface area contributed by atoms with Crippen molar-refractivity contribution < 1.29 is 17.6 Å². The van der Waals surface area contributed by atoms with Crippen LogP contribution in [0.1, 0.15) is 0 Å². The predicted octanol–water partition coefficient (Wildman–Crippen LogP) is 4.02. The molecular formula is C24H23ClFN3O3S. The number of benzene rings is 3. The summed E-state index contributed by atoms with van der Waals surface area (Å²) in [5.74, 6) is -0.596. The van der Waals surface area contributed by atoms with Crippen LogP contribution in [-0.2, 0) is 14.8 Å². The summed E-state index contributed by atoms with van der Waals surface area (Å²) in [4.78, 5) is 17.0. The van der Waals surface area contributed by atoms with Crippen LogP contribution < -0.4 is 9.21 Å². The summed E-state index contributed by atoms with van der Waals surface area (Å²) in [5, 5.41) is 0.376. The maximum atomic E-state index is 13.4. The van der Waals surface area contributed by atoms with Gasteiger partial charge in [0.15, 0.2) is 0 Å². The van der Waals surface area contributed by atoms with Gasteiger partial charge in [-0.1, -0.05) is 35.9 Å². The van der Waals surface area contributed by atoms with Crippen LogP contribution >= 0.6 is 11.6 Å². The molecule has 6 nitrogen and oxygen atoms in total. The first-order valence-electron chi connectivity index (χ1n) is 10.5. The first kappa shape index (κ1) is 23.1. The molecule has 1 aliphatic heterocycles. The van der Waals surface area contributed by atoms with Gasteiger partial charge in [-0.15, -0.1) is 0 Å². The lowest BCUT2D eigenvalue weighted by molar-refractivity contribution is -0.129. The molecule has 0 spiro atoms. The second kappa shape index (κ2) is 9.80. The lowest BCUT2D eigenvalue weighted by atomic mass is 10.2. The molecule has 0 aliphatic carbocycles. The Hall–Kier alpha value is -3.10. The highest BCUT2D eigenvalue weighted by atomic mass is 35.5. The summed E-state index contributed by atoms with van der Waals surface area (Å²) in [7, 11) is -3.98. The molecule has 0 atom stereocenters. The quantitative estimate of drug-likeness (QED) is 0.527. The van der Waals surface area contributed by atoms with E-state index in [1.807, 2.05) is 0 Å². The second-order valence-corrected chi connectivity index (χ2v) is 9.95. The van der Waals surface area contributed by atoms with Gasteiger partial charge < -0.3 is 9.80 Å². The molecule has 1 saturated heterocycles. The minimum absolute atomic E-state index is 0.0962. The maximum absolute atomic E-state index is 13.4. The number of sulfonamides is 1. The number of hydrogen-bond donors (Lipinski definition) is 0. The molecular weight excluding hydrogens is 465 g/mol. The van der Waals surface area contributed by atoms with Crippen LogP contribution in [0, 0.1) is 5.82 Å². The Labute approximate surface area is 197 Å². The van der Waals surface area contributed by atoms with Gasteiger partial charge in [0.2, 0.25) is 5.91 Å². The molecule has 33 heavy (non-hydrogen) atoms. The largest absolute Gasteiger partial charge is 0.368 e. The van der Waals surface area contributed by atoms with Crippen LogP contribution in [-0.4, -0.2) is 51.9 Å². The second-order valence-electron chi connectivity index (χ2n) is 7.65. The molecule has 9 heteroatoms. The predicted molar refractivity (Wildman–Crippen MR) is 128 cm³/mol. The van der Waals surface area contributed by atoms with Crippen LogP contribution in [0.2, 0.25) is 5.02 Å². The van der Waals surface area contributed by atoms with Gasteiger partial charge in [-0.05, 0) is 54.6 Å². The van der Waals surface area contributed by atoms with E-state index < -0.39 is 10.0 Å². The fraction of sp³-hybridized carbons (Fsp3) is 0.208. The van der Waals surface area contributed by atoms with E-state index >= 15 is 0 Å². The molecule has 1 heterocycles. The lowest BCUT2D eigenvalue weighted by Gasteiger charge is -2.37. The zero-order valence-corrected chi connectivity index (χ0v) is 19.3. The minimum atomic E-state index is -3.98. The van der Waals surface area contributed by atoms with Crippen LogP contribution in [0.4, 0.5) is 15.8 Å². The van der Waals surface area contributed by atoms with E-state index in [0.29, 0.717) is 36.9 Å². The van der Waals surface area contributed by atoms with Gasteiger partial charge in [0.1, 0.15) is 12.4 Å². The number of nitrogens with zero attached hydrogens (tertiary/aromatic N) is 3. The number of carbonyl (C=O) groups excluding carboxylic acids is 1. The Morgan fingerprint density at radius 3 is 2.21 bits per heavy atom. The molecule has 0 bridgehead atoms. The Kier molecular flexibility index (Phi) is 6.85. The van der Waals surface area contributed by atoms with Gasteiger partial charge in [-0.25, -0.2) is 12.8 Å². The van der Waals surface area contributed by atoms with Crippen molar-refractivity contribution in [2.45, 2.75) is 4.90 Å². The number of rotatable bonds is 6. The van der Waals surface area contributed by atoms with Crippen molar-refractivity contribution in [3.05, 3.63) is 89.7 Å². The van der Waals surface area contributed by atoms with Gasteiger partial charge in [0, 0.05) is 36.9 Å². The Morgan fingerprint density at radius 2 is 1.58 bits per heavy atom. The van der Waals surface area contributed by atoms with Crippen molar-refractivity contribution in [1.29, 1.82) is 0 Å². The number of carbonyl (C=O) groups is 1. The van der Waals surface area contributed by atoms with Crippen molar-refractivity contribution in [1.82, 2.24) is 4.90 Å². The minimum Gasteiger partial charge on any atom is -0.368 e. The average Bonchev–Trinajstić information content (AvgIpc) is 2.83. The molecule has 4 rings (SSSR count). The summed E-state index contributed by atoms with van der Waals surface area (Å²) < 4.78 is 41.1. The zero-order chi connectivity index (χ0) is 23.4. The third-order valence-corrected chi connectivity index (χ3v) is 7.55. The van der Waals surface area contributed by atoms with Crippen LogP contribution in [0.5, 0.6) is 0 Å². The Bertz CT molecular complexity index is 1220. The smallest absolute Gasteiger partial charge is 0.264 e. The summed E-state index contributed by atoms with van der Waals surface area (Å²) in [6, 6.07) is 20.7. The summed E-state index contributed by atoms with van der Waals surface area (Å²) in [6.45, 7) is 1.67. The normalized spacial score (nSPS) is 14.2. The van der Waals surface area contributed by atoms with E-state index in [4.69, 9.17) is 11.6 Å². The first-order valence-corrected chi connectivity index (χ1v) is 12.3. The first-order chi connectivity index (χ1) is 15.8. The molecule has 3 aromatic rings. The van der Waals surface area contributed by atoms with E-state index in [-0.39, 0.29) is 23.2 Å². The summed E-state index contributed by atoms with van der Waals surface area (Å²) in [5.41, 5.74) is 1.21. The van der Waals surface area contributed by atoms with Crippen LogP contribution in [0.15, 0.2) is 83.8 Å². The SMILES string of the molecule is O=C(CN(c1cccc(Cl)c1)S(=O)(=O)c1ccccc1)N1CCN(c2ccc(F)cc2)CC1.